The van der Waals surface area contributed by atoms with E-state index in [0.717, 1.165) is 31.8 Å². The second-order valence-corrected chi connectivity index (χ2v) is 9.23. The van der Waals surface area contributed by atoms with Crippen LogP contribution in [-0.2, 0) is 14.9 Å². The Morgan fingerprint density at radius 3 is 2.57 bits per heavy atom. The fourth-order valence-electron chi connectivity index (χ4n) is 5.32. The smallest absolute Gasteiger partial charge is 0.230 e. The average Bonchev–Trinajstić information content (AvgIpc) is 2.97. The first-order valence-electron chi connectivity index (χ1n) is 10.7. The molecule has 1 amide bonds. The van der Waals surface area contributed by atoms with Gasteiger partial charge in [0.15, 0.2) is 0 Å². The van der Waals surface area contributed by atoms with Gasteiger partial charge in [0.2, 0.25) is 5.91 Å². The second kappa shape index (κ2) is 9.64. The van der Waals surface area contributed by atoms with Crippen molar-refractivity contribution in [2.45, 2.75) is 57.1 Å². The summed E-state index contributed by atoms with van der Waals surface area (Å²) in [5, 5.41) is 3.27. The van der Waals surface area contributed by atoms with E-state index in [9.17, 15) is 4.79 Å². The lowest BCUT2D eigenvalue weighted by Gasteiger charge is -2.44. The van der Waals surface area contributed by atoms with Crippen molar-refractivity contribution in [1.29, 1.82) is 0 Å². The minimum Gasteiger partial charge on any atom is -0.378 e. The average molecular weight is 405 g/mol. The van der Waals surface area contributed by atoms with Gasteiger partial charge >= 0.3 is 0 Å². The third-order valence-electron chi connectivity index (χ3n) is 6.94. The molecule has 156 valence electrons. The number of likely N-dealkylation sites (tertiary alicyclic amines) is 1. The van der Waals surface area contributed by atoms with Gasteiger partial charge in [-0.2, -0.15) is 11.8 Å². The highest BCUT2D eigenvalue weighted by Crippen LogP contribution is 2.52. The van der Waals surface area contributed by atoms with E-state index in [0.29, 0.717) is 5.75 Å². The van der Waals surface area contributed by atoms with Crippen LogP contribution in [0.3, 0.4) is 0 Å². The topological polar surface area (TPSA) is 41.6 Å². The number of carbonyl (C=O) groups excluding carboxylic acids is 1. The summed E-state index contributed by atoms with van der Waals surface area (Å²) in [4.78, 5) is 15.0. The van der Waals surface area contributed by atoms with Gasteiger partial charge < -0.3 is 15.0 Å². The number of methoxy groups -OCH3 is 1. The molecular weight excluding hydrogens is 368 g/mol. The molecule has 28 heavy (non-hydrogen) atoms. The molecule has 2 aliphatic rings. The number of ether oxygens (including phenoxy) is 1. The Kier molecular flexibility index (Phi) is 7.46. The van der Waals surface area contributed by atoms with Crippen LogP contribution in [0.25, 0.3) is 0 Å². The number of rotatable bonds is 8. The van der Waals surface area contributed by atoms with Gasteiger partial charge in [0.1, 0.15) is 0 Å². The van der Waals surface area contributed by atoms with Gasteiger partial charge in [-0.05, 0) is 49.2 Å². The van der Waals surface area contributed by atoms with E-state index >= 15 is 0 Å². The normalized spacial score (nSPS) is 23.9. The molecule has 0 unspecified atom stereocenters. The number of fused-ring (bicyclic) bond motifs is 2. The van der Waals surface area contributed by atoms with Gasteiger partial charge in [-0.15, -0.1) is 0 Å². The Hall–Kier alpha value is -1.04. The molecule has 3 rings (SSSR count). The lowest BCUT2D eigenvalue weighted by Crippen LogP contribution is -2.51. The summed E-state index contributed by atoms with van der Waals surface area (Å²) in [6.07, 6.45) is 6.67. The summed E-state index contributed by atoms with van der Waals surface area (Å²) >= 11 is 1.56. The van der Waals surface area contributed by atoms with Crippen molar-refractivity contribution >= 4 is 17.7 Å². The molecule has 1 aliphatic carbocycles. The maximum absolute atomic E-state index is 12.4. The molecule has 1 aliphatic heterocycles. The summed E-state index contributed by atoms with van der Waals surface area (Å²) in [5.74, 6) is 1.38. The Labute approximate surface area is 174 Å². The fourth-order valence-corrected chi connectivity index (χ4v) is 5.66. The van der Waals surface area contributed by atoms with Crippen molar-refractivity contribution in [1.82, 2.24) is 10.2 Å². The molecule has 1 aromatic carbocycles. The molecule has 0 bridgehead atoms. The molecule has 1 N–H and O–H groups in total. The van der Waals surface area contributed by atoms with Crippen molar-refractivity contribution in [2.24, 2.45) is 5.92 Å². The molecule has 1 saturated heterocycles. The molecule has 1 aromatic rings. The molecule has 0 radical (unpaired) electrons. The van der Waals surface area contributed by atoms with E-state index in [2.05, 4.69) is 48.3 Å². The summed E-state index contributed by atoms with van der Waals surface area (Å²) in [7, 11) is 1.81. The van der Waals surface area contributed by atoms with Crippen molar-refractivity contribution in [2.75, 3.05) is 38.8 Å². The van der Waals surface area contributed by atoms with Gasteiger partial charge in [-0.3, -0.25) is 4.79 Å². The van der Waals surface area contributed by atoms with E-state index in [1.165, 1.54) is 30.5 Å². The van der Waals surface area contributed by atoms with Crippen molar-refractivity contribution in [3.8, 4) is 0 Å². The third-order valence-corrected chi connectivity index (χ3v) is 7.50. The van der Waals surface area contributed by atoms with Gasteiger partial charge in [0, 0.05) is 19.1 Å². The predicted octanol–water partition coefficient (Wildman–Crippen LogP) is 4.01. The Morgan fingerprint density at radius 2 is 1.96 bits per heavy atom. The zero-order valence-electron chi connectivity index (χ0n) is 17.9. The molecule has 4 nitrogen and oxygen atoms in total. The third kappa shape index (κ3) is 4.12. The van der Waals surface area contributed by atoms with E-state index < -0.39 is 0 Å². The maximum atomic E-state index is 12.4. The Morgan fingerprint density at radius 1 is 1.29 bits per heavy atom. The Balaban J connectivity index is 1.82. The van der Waals surface area contributed by atoms with Gasteiger partial charge in [0.25, 0.3) is 0 Å². The van der Waals surface area contributed by atoms with Crippen molar-refractivity contribution in [3.05, 3.63) is 35.4 Å². The quantitative estimate of drug-likeness (QED) is 0.711. The van der Waals surface area contributed by atoms with E-state index in [1.54, 1.807) is 11.8 Å². The number of carbonyl (C=O) groups is 1. The summed E-state index contributed by atoms with van der Waals surface area (Å²) in [5.41, 5.74) is 2.64. The van der Waals surface area contributed by atoms with Crippen LogP contribution >= 0.6 is 11.8 Å². The van der Waals surface area contributed by atoms with Crippen LogP contribution in [0.15, 0.2) is 24.3 Å². The Bertz CT molecular complexity index is 654. The highest BCUT2D eigenvalue weighted by Gasteiger charge is 2.53. The number of benzene rings is 1. The zero-order chi connectivity index (χ0) is 20.1. The maximum Gasteiger partial charge on any atom is 0.230 e. The van der Waals surface area contributed by atoms with Crippen LogP contribution in [-0.4, -0.2) is 55.7 Å². The molecule has 5 heteroatoms. The van der Waals surface area contributed by atoms with Crippen LogP contribution in [0.5, 0.6) is 0 Å². The van der Waals surface area contributed by atoms with E-state index in [-0.39, 0.29) is 23.5 Å². The number of amides is 1. The fraction of sp³-hybridized carbons (Fsp3) is 0.696. The van der Waals surface area contributed by atoms with Crippen LogP contribution in [0, 0.1) is 5.92 Å². The first-order chi connectivity index (χ1) is 13.6. The van der Waals surface area contributed by atoms with Gasteiger partial charge in [0.05, 0.1) is 17.9 Å². The van der Waals surface area contributed by atoms with Crippen LogP contribution < -0.4 is 5.32 Å². The molecular formula is C23H36N2O2S. The molecule has 1 heterocycles. The largest absolute Gasteiger partial charge is 0.378 e. The highest BCUT2D eigenvalue weighted by molar-refractivity contribution is 7.99. The minimum absolute atomic E-state index is 0.00556. The molecule has 1 fully saturated rings. The zero-order valence-corrected chi connectivity index (χ0v) is 18.7. The number of thioether (sulfide) groups is 1. The van der Waals surface area contributed by atoms with Crippen LogP contribution in [0.1, 0.15) is 56.7 Å². The first-order valence-corrected chi connectivity index (χ1v) is 12.1. The number of hydrogen-bond donors (Lipinski definition) is 1. The molecule has 0 aromatic heterocycles. The van der Waals surface area contributed by atoms with E-state index in [4.69, 9.17) is 4.74 Å². The van der Waals surface area contributed by atoms with Crippen molar-refractivity contribution < 1.29 is 9.53 Å². The molecule has 1 spiro atoms. The van der Waals surface area contributed by atoms with Crippen LogP contribution in [0.2, 0.25) is 0 Å². The predicted molar refractivity (Wildman–Crippen MR) is 118 cm³/mol. The molecule has 2 atom stereocenters. The second-order valence-electron chi connectivity index (χ2n) is 8.36. The lowest BCUT2D eigenvalue weighted by atomic mass is 9.71. The minimum atomic E-state index is -0.0496. The SMILES string of the molecule is CCC(CC)CN1CCC2(CC1)c1ccccc1[C@H](NC(=O)CSC)[C@H]2OC. The summed E-state index contributed by atoms with van der Waals surface area (Å²) in [6.45, 7) is 8.02. The van der Waals surface area contributed by atoms with Crippen LogP contribution in [0.4, 0.5) is 0 Å². The number of hydrogen-bond acceptors (Lipinski definition) is 4. The highest BCUT2D eigenvalue weighted by atomic mass is 32.2. The first kappa shape index (κ1) is 21.7. The number of nitrogens with one attached hydrogen (secondary N) is 1. The molecule has 0 saturated carbocycles. The van der Waals surface area contributed by atoms with Gasteiger partial charge in [-0.1, -0.05) is 51.0 Å². The van der Waals surface area contributed by atoms with Gasteiger partial charge in [-0.25, -0.2) is 0 Å². The number of piperidine rings is 1. The van der Waals surface area contributed by atoms with Crippen molar-refractivity contribution in [3.63, 3.8) is 0 Å². The van der Waals surface area contributed by atoms with E-state index in [1.807, 2.05) is 13.4 Å². The monoisotopic (exact) mass is 404 g/mol. The lowest BCUT2D eigenvalue weighted by molar-refractivity contribution is -0.121. The standard InChI is InChI=1S/C23H36N2O2S/c1-5-17(6-2)15-25-13-11-23(12-14-25)19-10-8-7-9-18(19)21(22(23)27-3)24-20(26)16-28-4/h7-10,17,21-22H,5-6,11-16H2,1-4H3,(H,24,26)/t21-,22+/m0/s1. The summed E-state index contributed by atoms with van der Waals surface area (Å²) < 4.78 is 6.10. The number of nitrogens with zero attached hydrogens (tertiary/aromatic N) is 1. The summed E-state index contributed by atoms with van der Waals surface area (Å²) in [6, 6.07) is 8.61.